The van der Waals surface area contributed by atoms with Crippen molar-refractivity contribution in [3.05, 3.63) is 0 Å². The molecule has 0 bridgehead atoms. The molecule has 1 rings (SSSR count). The summed E-state index contributed by atoms with van der Waals surface area (Å²) < 4.78 is 10.2. The summed E-state index contributed by atoms with van der Waals surface area (Å²) in [5, 5.41) is 13.0. The molecule has 0 saturated heterocycles. The molecule has 96 valence electrons. The van der Waals surface area contributed by atoms with Gasteiger partial charge in [-0.3, -0.25) is 0 Å². The van der Waals surface area contributed by atoms with Crippen LogP contribution >= 0.6 is 0 Å². The van der Waals surface area contributed by atoms with Crippen LogP contribution in [0, 0.1) is 5.92 Å². The van der Waals surface area contributed by atoms with Crippen molar-refractivity contribution >= 4 is 0 Å². The van der Waals surface area contributed by atoms with E-state index in [-0.39, 0.29) is 6.10 Å². The quantitative estimate of drug-likeness (QED) is 0.576. The number of ether oxygens (including phenoxy) is 2. The summed E-state index contributed by atoms with van der Waals surface area (Å²) in [6.45, 7) is 4.04. The van der Waals surface area contributed by atoms with Crippen LogP contribution in [-0.4, -0.2) is 51.2 Å². The Labute approximate surface area is 98.3 Å². The number of aliphatic hydroxyl groups is 1. The fraction of sp³-hybridized carbons (Fsp3) is 1.00. The zero-order chi connectivity index (χ0) is 11.6. The molecular formula is C12H25NO3. The first-order chi connectivity index (χ1) is 7.84. The van der Waals surface area contributed by atoms with Gasteiger partial charge in [0.25, 0.3) is 0 Å². The van der Waals surface area contributed by atoms with Gasteiger partial charge in [-0.25, -0.2) is 0 Å². The average Bonchev–Trinajstić information content (AvgIpc) is 2.68. The van der Waals surface area contributed by atoms with Gasteiger partial charge in [-0.05, 0) is 31.7 Å². The van der Waals surface area contributed by atoms with Crippen LogP contribution in [0.2, 0.25) is 0 Å². The number of methoxy groups -OCH3 is 1. The highest BCUT2D eigenvalue weighted by molar-refractivity contribution is 4.77. The van der Waals surface area contributed by atoms with Crippen LogP contribution in [0.4, 0.5) is 0 Å². The summed E-state index contributed by atoms with van der Waals surface area (Å²) in [5.74, 6) is 0.467. The Morgan fingerprint density at radius 1 is 1.25 bits per heavy atom. The van der Waals surface area contributed by atoms with Gasteiger partial charge in [-0.2, -0.15) is 0 Å². The molecule has 0 heterocycles. The smallest absolute Gasteiger partial charge is 0.0700 e. The third-order valence-electron chi connectivity index (χ3n) is 3.10. The van der Waals surface area contributed by atoms with Crippen LogP contribution in [0.3, 0.4) is 0 Å². The van der Waals surface area contributed by atoms with Crippen molar-refractivity contribution in [3.63, 3.8) is 0 Å². The van der Waals surface area contributed by atoms with E-state index in [4.69, 9.17) is 9.47 Å². The lowest BCUT2D eigenvalue weighted by atomic mass is 10.1. The minimum absolute atomic E-state index is 0.0783. The molecule has 0 radical (unpaired) electrons. The molecular weight excluding hydrogens is 206 g/mol. The summed E-state index contributed by atoms with van der Waals surface area (Å²) in [5.41, 5.74) is 0. The van der Waals surface area contributed by atoms with Crippen molar-refractivity contribution in [2.75, 3.05) is 40.0 Å². The van der Waals surface area contributed by atoms with Gasteiger partial charge >= 0.3 is 0 Å². The van der Waals surface area contributed by atoms with Gasteiger partial charge in [0.15, 0.2) is 0 Å². The molecule has 0 aliphatic heterocycles. The number of hydrogen-bond donors (Lipinski definition) is 2. The topological polar surface area (TPSA) is 50.7 Å². The molecule has 2 atom stereocenters. The van der Waals surface area contributed by atoms with Crippen molar-refractivity contribution in [2.45, 2.75) is 31.8 Å². The second-order valence-corrected chi connectivity index (χ2v) is 4.42. The predicted molar refractivity (Wildman–Crippen MR) is 63.5 cm³/mol. The van der Waals surface area contributed by atoms with E-state index in [1.807, 2.05) is 0 Å². The van der Waals surface area contributed by atoms with Crippen LogP contribution in [-0.2, 0) is 9.47 Å². The normalized spacial score (nSPS) is 25.1. The molecule has 0 spiro atoms. The SMILES string of the molecule is COCCOCCCNCC1CCCC1O. The maximum absolute atomic E-state index is 9.61. The predicted octanol–water partition coefficient (Wildman–Crippen LogP) is 0.790. The molecule has 2 unspecified atom stereocenters. The minimum Gasteiger partial charge on any atom is -0.393 e. The third-order valence-corrected chi connectivity index (χ3v) is 3.10. The Morgan fingerprint density at radius 3 is 2.81 bits per heavy atom. The van der Waals surface area contributed by atoms with Gasteiger partial charge in [0.1, 0.15) is 0 Å². The van der Waals surface area contributed by atoms with Crippen molar-refractivity contribution in [3.8, 4) is 0 Å². The first-order valence-corrected chi connectivity index (χ1v) is 6.30. The van der Waals surface area contributed by atoms with Gasteiger partial charge in [-0.15, -0.1) is 0 Å². The molecule has 0 aromatic heterocycles. The maximum atomic E-state index is 9.61. The molecule has 0 amide bonds. The molecule has 4 heteroatoms. The largest absolute Gasteiger partial charge is 0.393 e. The number of rotatable bonds is 9. The van der Waals surface area contributed by atoms with E-state index in [1.165, 1.54) is 12.8 Å². The van der Waals surface area contributed by atoms with Gasteiger partial charge in [0.2, 0.25) is 0 Å². The highest BCUT2D eigenvalue weighted by Gasteiger charge is 2.24. The third kappa shape index (κ3) is 5.80. The molecule has 2 N–H and O–H groups in total. The molecule has 4 nitrogen and oxygen atoms in total. The van der Waals surface area contributed by atoms with E-state index in [1.54, 1.807) is 7.11 Å². The van der Waals surface area contributed by atoms with Crippen molar-refractivity contribution in [2.24, 2.45) is 5.92 Å². The zero-order valence-corrected chi connectivity index (χ0v) is 10.3. The fourth-order valence-corrected chi connectivity index (χ4v) is 2.09. The van der Waals surface area contributed by atoms with E-state index >= 15 is 0 Å². The fourth-order valence-electron chi connectivity index (χ4n) is 2.09. The summed E-state index contributed by atoms with van der Waals surface area (Å²) in [6.07, 6.45) is 4.26. The van der Waals surface area contributed by atoms with Crippen molar-refractivity contribution < 1.29 is 14.6 Å². The summed E-state index contributed by atoms with van der Waals surface area (Å²) in [7, 11) is 1.68. The summed E-state index contributed by atoms with van der Waals surface area (Å²) in [4.78, 5) is 0. The Bertz CT molecular complexity index is 166. The van der Waals surface area contributed by atoms with Crippen LogP contribution in [0.15, 0.2) is 0 Å². The summed E-state index contributed by atoms with van der Waals surface area (Å²) >= 11 is 0. The van der Waals surface area contributed by atoms with Crippen LogP contribution in [0.5, 0.6) is 0 Å². The van der Waals surface area contributed by atoms with Crippen molar-refractivity contribution in [1.29, 1.82) is 0 Å². The van der Waals surface area contributed by atoms with Gasteiger partial charge < -0.3 is 19.9 Å². The lowest BCUT2D eigenvalue weighted by molar-refractivity contribution is 0.0691. The standard InChI is InChI=1S/C12H25NO3/c1-15-8-9-16-7-3-6-13-10-11-4-2-5-12(11)14/h11-14H,2-10H2,1H3. The number of aliphatic hydroxyl groups excluding tert-OH is 1. The Balaban J connectivity index is 1.81. The highest BCUT2D eigenvalue weighted by Crippen LogP contribution is 2.24. The van der Waals surface area contributed by atoms with E-state index in [2.05, 4.69) is 5.32 Å². The highest BCUT2D eigenvalue weighted by atomic mass is 16.5. The molecule has 1 fully saturated rings. The molecule has 16 heavy (non-hydrogen) atoms. The first kappa shape index (κ1) is 13.9. The van der Waals surface area contributed by atoms with E-state index in [0.29, 0.717) is 19.1 Å². The number of nitrogens with one attached hydrogen (secondary N) is 1. The monoisotopic (exact) mass is 231 g/mol. The van der Waals surface area contributed by atoms with Gasteiger partial charge in [-0.1, -0.05) is 6.42 Å². The Morgan fingerprint density at radius 2 is 2.12 bits per heavy atom. The molecule has 0 aromatic carbocycles. The van der Waals surface area contributed by atoms with Gasteiger partial charge in [0, 0.05) is 20.3 Å². The number of hydrogen-bond acceptors (Lipinski definition) is 4. The molecule has 1 aliphatic rings. The second-order valence-electron chi connectivity index (χ2n) is 4.42. The summed E-state index contributed by atoms with van der Waals surface area (Å²) in [6, 6.07) is 0. The van der Waals surface area contributed by atoms with E-state index in [0.717, 1.165) is 32.5 Å². The first-order valence-electron chi connectivity index (χ1n) is 6.30. The Hall–Kier alpha value is -0.160. The molecule has 0 aromatic rings. The van der Waals surface area contributed by atoms with Gasteiger partial charge in [0.05, 0.1) is 19.3 Å². The molecule has 1 saturated carbocycles. The Kier molecular flexibility index (Phi) is 7.76. The maximum Gasteiger partial charge on any atom is 0.0700 e. The van der Waals surface area contributed by atoms with Crippen LogP contribution < -0.4 is 5.32 Å². The lowest BCUT2D eigenvalue weighted by Gasteiger charge is -2.14. The second kappa shape index (κ2) is 8.93. The lowest BCUT2D eigenvalue weighted by Crippen LogP contribution is -2.28. The average molecular weight is 231 g/mol. The van der Waals surface area contributed by atoms with Crippen LogP contribution in [0.1, 0.15) is 25.7 Å². The molecule has 1 aliphatic carbocycles. The van der Waals surface area contributed by atoms with Crippen LogP contribution in [0.25, 0.3) is 0 Å². The zero-order valence-electron chi connectivity index (χ0n) is 10.3. The van der Waals surface area contributed by atoms with E-state index in [9.17, 15) is 5.11 Å². The van der Waals surface area contributed by atoms with E-state index < -0.39 is 0 Å². The van der Waals surface area contributed by atoms with Crippen molar-refractivity contribution in [1.82, 2.24) is 5.32 Å². The minimum atomic E-state index is -0.0783.